The first-order valence-electron chi connectivity index (χ1n) is 6.06. The van der Waals surface area contributed by atoms with Crippen LogP contribution in [0.5, 0.6) is 0 Å². The minimum Gasteiger partial charge on any atom is -0.489 e. The number of ketones is 2. The number of rotatable bonds is 3. The number of benzene rings is 1. The Balaban J connectivity index is 2.63. The van der Waals surface area contributed by atoms with Crippen LogP contribution < -0.4 is 0 Å². The van der Waals surface area contributed by atoms with E-state index in [1.165, 1.54) is 14.2 Å². The number of ether oxygens (including phenoxy) is 2. The lowest BCUT2D eigenvalue weighted by molar-refractivity contribution is 0.0829. The highest BCUT2D eigenvalue weighted by Gasteiger charge is 2.34. The van der Waals surface area contributed by atoms with Gasteiger partial charge in [-0.15, -0.1) is 0 Å². The van der Waals surface area contributed by atoms with Gasteiger partial charge in [-0.05, 0) is 23.6 Å². The summed E-state index contributed by atoms with van der Waals surface area (Å²) < 4.78 is 10.0. The Labute approximate surface area is 112 Å². The van der Waals surface area contributed by atoms with E-state index in [1.54, 1.807) is 12.1 Å². The molecule has 1 aromatic rings. The summed E-state index contributed by atoms with van der Waals surface area (Å²) in [5.41, 5.74) is 1.76. The average molecular weight is 260 g/mol. The van der Waals surface area contributed by atoms with E-state index in [-0.39, 0.29) is 29.0 Å². The quantitative estimate of drug-likeness (QED) is 0.838. The SMILES string of the molecule is COC1=C(OC)C(=O)c2cc(C(C)C)ccc2C1=O. The van der Waals surface area contributed by atoms with E-state index < -0.39 is 0 Å². The zero-order chi connectivity index (χ0) is 14.2. The smallest absolute Gasteiger partial charge is 0.232 e. The Hall–Kier alpha value is -2.10. The van der Waals surface area contributed by atoms with Crippen LogP contribution in [0.4, 0.5) is 0 Å². The molecule has 0 saturated carbocycles. The summed E-state index contributed by atoms with van der Waals surface area (Å²) in [5, 5.41) is 0. The van der Waals surface area contributed by atoms with Gasteiger partial charge in [0.25, 0.3) is 0 Å². The molecule has 19 heavy (non-hydrogen) atoms. The lowest BCUT2D eigenvalue weighted by Crippen LogP contribution is -2.24. The van der Waals surface area contributed by atoms with Crippen LogP contribution in [0.2, 0.25) is 0 Å². The molecule has 0 unspecified atom stereocenters. The van der Waals surface area contributed by atoms with Gasteiger partial charge >= 0.3 is 0 Å². The summed E-state index contributed by atoms with van der Waals surface area (Å²) in [7, 11) is 2.71. The van der Waals surface area contributed by atoms with Gasteiger partial charge in [0.1, 0.15) is 0 Å². The van der Waals surface area contributed by atoms with E-state index >= 15 is 0 Å². The Morgan fingerprint density at radius 2 is 1.42 bits per heavy atom. The molecule has 0 spiro atoms. The lowest BCUT2D eigenvalue weighted by Gasteiger charge is -2.20. The van der Waals surface area contributed by atoms with E-state index in [2.05, 4.69) is 0 Å². The minimum atomic E-state index is -0.316. The second-order valence-electron chi connectivity index (χ2n) is 4.68. The van der Waals surface area contributed by atoms with Crippen molar-refractivity contribution in [2.75, 3.05) is 14.2 Å². The Morgan fingerprint density at radius 1 is 0.895 bits per heavy atom. The Kier molecular flexibility index (Phi) is 3.42. The molecule has 0 saturated heterocycles. The third kappa shape index (κ3) is 2.03. The summed E-state index contributed by atoms with van der Waals surface area (Å²) in [4.78, 5) is 24.6. The number of carbonyl (C=O) groups is 2. The zero-order valence-corrected chi connectivity index (χ0v) is 11.4. The first kappa shape index (κ1) is 13.3. The second-order valence-corrected chi connectivity index (χ2v) is 4.68. The summed E-state index contributed by atoms with van der Waals surface area (Å²) in [6.45, 7) is 4.06. The maximum atomic E-state index is 12.3. The molecule has 1 aromatic carbocycles. The second kappa shape index (κ2) is 4.88. The van der Waals surface area contributed by atoms with Crippen molar-refractivity contribution >= 4 is 11.6 Å². The number of allylic oxidation sites excluding steroid dienone is 2. The van der Waals surface area contributed by atoms with Gasteiger partial charge in [0.05, 0.1) is 14.2 Å². The number of hydrogen-bond acceptors (Lipinski definition) is 4. The fraction of sp³-hybridized carbons (Fsp3) is 0.333. The highest BCUT2D eigenvalue weighted by molar-refractivity contribution is 6.25. The lowest BCUT2D eigenvalue weighted by atomic mass is 9.88. The molecule has 0 aliphatic heterocycles. The summed E-state index contributed by atoms with van der Waals surface area (Å²) in [6, 6.07) is 5.29. The van der Waals surface area contributed by atoms with Crippen molar-refractivity contribution in [3.05, 3.63) is 46.4 Å². The molecule has 4 heteroatoms. The average Bonchev–Trinajstić information content (AvgIpc) is 2.41. The summed E-state index contributed by atoms with van der Waals surface area (Å²) in [5.74, 6) is -0.397. The number of hydrogen-bond donors (Lipinski definition) is 0. The van der Waals surface area contributed by atoms with Gasteiger partial charge in [0, 0.05) is 11.1 Å². The molecule has 1 aliphatic rings. The van der Waals surface area contributed by atoms with Crippen LogP contribution in [0.1, 0.15) is 46.0 Å². The molecule has 0 aromatic heterocycles. The number of methoxy groups -OCH3 is 2. The van der Waals surface area contributed by atoms with Crippen LogP contribution in [0.25, 0.3) is 0 Å². The number of Topliss-reactive ketones (excluding diaryl/α,β-unsaturated/α-hetero) is 2. The van der Waals surface area contributed by atoms with Crippen molar-refractivity contribution in [1.82, 2.24) is 0 Å². The van der Waals surface area contributed by atoms with E-state index in [1.807, 2.05) is 19.9 Å². The zero-order valence-electron chi connectivity index (χ0n) is 11.4. The Morgan fingerprint density at radius 3 is 1.89 bits per heavy atom. The van der Waals surface area contributed by atoms with Crippen LogP contribution in [0.3, 0.4) is 0 Å². The van der Waals surface area contributed by atoms with Crippen molar-refractivity contribution in [1.29, 1.82) is 0 Å². The molecule has 1 aliphatic carbocycles. The van der Waals surface area contributed by atoms with Gasteiger partial charge in [-0.3, -0.25) is 9.59 Å². The van der Waals surface area contributed by atoms with E-state index in [4.69, 9.17) is 9.47 Å². The highest BCUT2D eigenvalue weighted by Crippen LogP contribution is 2.29. The van der Waals surface area contributed by atoms with Crippen molar-refractivity contribution in [2.24, 2.45) is 0 Å². The fourth-order valence-corrected chi connectivity index (χ4v) is 2.13. The maximum Gasteiger partial charge on any atom is 0.232 e. The molecule has 0 radical (unpaired) electrons. The summed E-state index contributed by atoms with van der Waals surface area (Å²) in [6.07, 6.45) is 0. The molecule has 2 rings (SSSR count). The molecule has 0 heterocycles. The molecule has 0 amide bonds. The van der Waals surface area contributed by atoms with Crippen LogP contribution in [0.15, 0.2) is 29.7 Å². The molecular weight excluding hydrogens is 244 g/mol. The minimum absolute atomic E-state index is 0.0269. The topological polar surface area (TPSA) is 52.6 Å². The first-order chi connectivity index (χ1) is 9.01. The molecule has 0 fully saturated rings. The third-order valence-corrected chi connectivity index (χ3v) is 3.23. The number of fused-ring (bicyclic) bond motifs is 1. The van der Waals surface area contributed by atoms with Crippen molar-refractivity contribution < 1.29 is 19.1 Å². The van der Waals surface area contributed by atoms with Crippen molar-refractivity contribution in [2.45, 2.75) is 19.8 Å². The number of carbonyl (C=O) groups excluding carboxylic acids is 2. The molecule has 0 N–H and O–H groups in total. The fourth-order valence-electron chi connectivity index (χ4n) is 2.13. The molecule has 100 valence electrons. The summed E-state index contributed by atoms with van der Waals surface area (Å²) >= 11 is 0. The predicted octanol–water partition coefficient (Wildman–Crippen LogP) is 2.69. The normalized spacial score (nSPS) is 14.8. The van der Waals surface area contributed by atoms with Gasteiger partial charge in [0.15, 0.2) is 0 Å². The van der Waals surface area contributed by atoms with Crippen molar-refractivity contribution in [3.63, 3.8) is 0 Å². The molecule has 4 nitrogen and oxygen atoms in total. The van der Waals surface area contributed by atoms with Crippen LogP contribution in [-0.4, -0.2) is 25.8 Å². The van der Waals surface area contributed by atoms with Gasteiger partial charge < -0.3 is 9.47 Å². The van der Waals surface area contributed by atoms with Gasteiger partial charge in [0.2, 0.25) is 23.1 Å². The Bertz CT molecular complexity index is 582. The maximum absolute atomic E-state index is 12.3. The van der Waals surface area contributed by atoms with Crippen LogP contribution >= 0.6 is 0 Å². The first-order valence-corrected chi connectivity index (χ1v) is 6.06. The van der Waals surface area contributed by atoms with E-state index in [0.717, 1.165) is 5.56 Å². The van der Waals surface area contributed by atoms with Crippen molar-refractivity contribution in [3.8, 4) is 0 Å². The van der Waals surface area contributed by atoms with Crippen LogP contribution in [-0.2, 0) is 9.47 Å². The van der Waals surface area contributed by atoms with Gasteiger partial charge in [-0.25, -0.2) is 0 Å². The monoisotopic (exact) mass is 260 g/mol. The molecular formula is C15H16O4. The van der Waals surface area contributed by atoms with Crippen LogP contribution in [0, 0.1) is 0 Å². The standard InChI is InChI=1S/C15H16O4/c1-8(2)9-5-6-10-11(7-9)13(17)15(19-4)14(18-3)12(10)16/h5-8H,1-4H3. The van der Waals surface area contributed by atoms with Gasteiger partial charge in [-0.1, -0.05) is 19.9 Å². The largest absolute Gasteiger partial charge is 0.489 e. The van der Waals surface area contributed by atoms with E-state index in [9.17, 15) is 9.59 Å². The molecule has 0 atom stereocenters. The van der Waals surface area contributed by atoms with Gasteiger partial charge in [-0.2, -0.15) is 0 Å². The third-order valence-electron chi connectivity index (χ3n) is 3.23. The highest BCUT2D eigenvalue weighted by atomic mass is 16.5. The predicted molar refractivity (Wildman–Crippen MR) is 70.2 cm³/mol. The van der Waals surface area contributed by atoms with E-state index in [0.29, 0.717) is 11.1 Å². The molecule has 0 bridgehead atoms.